The SMILES string of the molecule is COC(=O)c1cc(CNC(=O)CCl)oc1C. The summed E-state index contributed by atoms with van der Waals surface area (Å²) in [6.07, 6.45) is 0. The molecule has 5 nitrogen and oxygen atoms in total. The van der Waals surface area contributed by atoms with Gasteiger partial charge in [-0.15, -0.1) is 11.6 Å². The van der Waals surface area contributed by atoms with Crippen LogP contribution in [0.2, 0.25) is 0 Å². The maximum absolute atomic E-state index is 11.3. The zero-order valence-corrected chi connectivity index (χ0v) is 9.76. The van der Waals surface area contributed by atoms with Crippen LogP contribution in [0.5, 0.6) is 0 Å². The molecule has 0 aromatic carbocycles. The second-order valence-electron chi connectivity index (χ2n) is 3.08. The summed E-state index contributed by atoms with van der Waals surface area (Å²) < 4.78 is 9.84. The van der Waals surface area contributed by atoms with Crippen LogP contribution in [0.3, 0.4) is 0 Å². The first-order valence-electron chi connectivity index (χ1n) is 4.58. The number of amides is 1. The molecule has 0 saturated carbocycles. The molecule has 1 N–H and O–H groups in total. The third-order valence-electron chi connectivity index (χ3n) is 1.96. The van der Waals surface area contributed by atoms with Gasteiger partial charge in [-0.05, 0) is 13.0 Å². The van der Waals surface area contributed by atoms with E-state index in [-0.39, 0.29) is 18.3 Å². The van der Waals surface area contributed by atoms with Crippen LogP contribution in [0.1, 0.15) is 21.9 Å². The third-order valence-corrected chi connectivity index (χ3v) is 2.20. The molecular weight excluding hydrogens is 234 g/mol. The predicted octanol–water partition coefficient (Wildman–Crippen LogP) is 1.23. The summed E-state index contributed by atoms with van der Waals surface area (Å²) in [5.74, 6) is 0.0775. The van der Waals surface area contributed by atoms with Gasteiger partial charge in [-0.1, -0.05) is 0 Å². The minimum Gasteiger partial charge on any atom is -0.465 e. The van der Waals surface area contributed by atoms with E-state index in [1.807, 2.05) is 0 Å². The van der Waals surface area contributed by atoms with Crippen LogP contribution in [0.15, 0.2) is 10.5 Å². The number of esters is 1. The number of rotatable bonds is 4. The molecule has 6 heteroatoms. The van der Waals surface area contributed by atoms with E-state index in [1.165, 1.54) is 13.2 Å². The summed E-state index contributed by atoms with van der Waals surface area (Å²) in [5, 5.41) is 2.53. The first kappa shape index (κ1) is 12.6. The van der Waals surface area contributed by atoms with E-state index >= 15 is 0 Å². The Morgan fingerprint density at radius 3 is 2.81 bits per heavy atom. The number of methoxy groups -OCH3 is 1. The maximum atomic E-state index is 11.3. The van der Waals surface area contributed by atoms with Crippen molar-refractivity contribution in [1.82, 2.24) is 5.32 Å². The quantitative estimate of drug-likeness (QED) is 0.640. The molecule has 88 valence electrons. The number of furan rings is 1. The molecule has 16 heavy (non-hydrogen) atoms. The third kappa shape index (κ3) is 3.00. The van der Waals surface area contributed by atoms with Crippen molar-refractivity contribution in [2.75, 3.05) is 13.0 Å². The zero-order valence-electron chi connectivity index (χ0n) is 9.00. The van der Waals surface area contributed by atoms with Crippen molar-refractivity contribution < 1.29 is 18.7 Å². The highest BCUT2D eigenvalue weighted by atomic mass is 35.5. The van der Waals surface area contributed by atoms with Gasteiger partial charge in [-0.25, -0.2) is 4.79 Å². The lowest BCUT2D eigenvalue weighted by Gasteiger charge is -1.98. The van der Waals surface area contributed by atoms with Crippen molar-refractivity contribution in [2.24, 2.45) is 0 Å². The summed E-state index contributed by atoms with van der Waals surface area (Å²) in [6.45, 7) is 1.85. The molecule has 0 aliphatic heterocycles. The number of nitrogens with one attached hydrogen (secondary N) is 1. The first-order valence-corrected chi connectivity index (χ1v) is 5.12. The Balaban J connectivity index is 2.69. The van der Waals surface area contributed by atoms with Gasteiger partial charge in [0.25, 0.3) is 0 Å². The van der Waals surface area contributed by atoms with E-state index in [9.17, 15) is 9.59 Å². The summed E-state index contributed by atoms with van der Waals surface area (Å²) in [7, 11) is 1.30. The standard InChI is InChI=1S/C10H12ClNO4/c1-6-8(10(14)15-2)3-7(16-6)5-12-9(13)4-11/h3H,4-5H2,1-2H3,(H,12,13). The number of carbonyl (C=O) groups excluding carboxylic acids is 2. The van der Waals surface area contributed by atoms with Crippen molar-refractivity contribution in [2.45, 2.75) is 13.5 Å². The molecule has 1 heterocycles. The van der Waals surface area contributed by atoms with E-state index in [2.05, 4.69) is 10.1 Å². The highest BCUT2D eigenvalue weighted by molar-refractivity contribution is 6.27. The van der Waals surface area contributed by atoms with E-state index in [0.717, 1.165) is 0 Å². The highest BCUT2D eigenvalue weighted by Crippen LogP contribution is 2.15. The summed E-state index contributed by atoms with van der Waals surface area (Å²) in [4.78, 5) is 22.1. The number of alkyl halides is 1. The van der Waals surface area contributed by atoms with Crippen molar-refractivity contribution in [3.63, 3.8) is 0 Å². The molecular formula is C10H12ClNO4. The minimum absolute atomic E-state index is 0.108. The second-order valence-corrected chi connectivity index (χ2v) is 3.35. The molecule has 0 aliphatic rings. The van der Waals surface area contributed by atoms with Crippen molar-refractivity contribution in [3.05, 3.63) is 23.2 Å². The van der Waals surface area contributed by atoms with Crippen LogP contribution in [0.25, 0.3) is 0 Å². The molecule has 0 aliphatic carbocycles. The minimum atomic E-state index is -0.462. The van der Waals surface area contributed by atoms with Crippen LogP contribution in [0.4, 0.5) is 0 Å². The predicted molar refractivity (Wildman–Crippen MR) is 57.4 cm³/mol. The molecule has 0 unspecified atom stereocenters. The molecule has 0 atom stereocenters. The molecule has 1 aromatic rings. The molecule has 0 fully saturated rings. The van der Waals surface area contributed by atoms with Gasteiger partial charge in [0, 0.05) is 0 Å². The zero-order chi connectivity index (χ0) is 12.1. The summed E-state index contributed by atoms with van der Waals surface area (Å²) in [6, 6.07) is 1.54. The lowest BCUT2D eigenvalue weighted by molar-refractivity contribution is -0.118. The van der Waals surface area contributed by atoms with E-state index < -0.39 is 5.97 Å². The summed E-state index contributed by atoms with van der Waals surface area (Å²) >= 11 is 5.31. The Morgan fingerprint density at radius 2 is 2.25 bits per heavy atom. The monoisotopic (exact) mass is 245 g/mol. The Kier molecular flexibility index (Phi) is 4.37. The van der Waals surface area contributed by atoms with E-state index in [0.29, 0.717) is 17.1 Å². The van der Waals surface area contributed by atoms with Gasteiger partial charge in [0.2, 0.25) is 5.91 Å². The molecule has 0 radical (unpaired) electrons. The average Bonchev–Trinajstić information content (AvgIpc) is 2.66. The number of halogens is 1. The fourth-order valence-electron chi connectivity index (χ4n) is 1.18. The van der Waals surface area contributed by atoms with Gasteiger partial charge >= 0.3 is 5.97 Å². The fourth-order valence-corrected chi connectivity index (χ4v) is 1.27. The normalized spacial score (nSPS) is 9.94. The van der Waals surface area contributed by atoms with Crippen molar-refractivity contribution in [3.8, 4) is 0 Å². The van der Waals surface area contributed by atoms with Gasteiger partial charge in [-0.3, -0.25) is 4.79 Å². The van der Waals surface area contributed by atoms with Gasteiger partial charge in [-0.2, -0.15) is 0 Å². The number of hydrogen-bond acceptors (Lipinski definition) is 4. The Bertz CT molecular complexity index is 400. The number of hydrogen-bond donors (Lipinski definition) is 1. The van der Waals surface area contributed by atoms with Crippen LogP contribution < -0.4 is 5.32 Å². The number of ether oxygens (including phenoxy) is 1. The van der Waals surface area contributed by atoms with Crippen LogP contribution in [-0.4, -0.2) is 24.9 Å². The van der Waals surface area contributed by atoms with Gasteiger partial charge < -0.3 is 14.5 Å². The smallest absolute Gasteiger partial charge is 0.341 e. The maximum Gasteiger partial charge on any atom is 0.341 e. The van der Waals surface area contributed by atoms with Crippen LogP contribution in [0, 0.1) is 6.92 Å². The fraction of sp³-hybridized carbons (Fsp3) is 0.400. The molecule has 1 rings (SSSR count). The first-order chi connectivity index (χ1) is 7.58. The molecule has 1 aromatic heterocycles. The Labute approximate surface area is 97.7 Å². The number of carbonyl (C=O) groups is 2. The molecule has 0 saturated heterocycles. The molecule has 0 bridgehead atoms. The topological polar surface area (TPSA) is 68.5 Å². The van der Waals surface area contributed by atoms with Crippen LogP contribution >= 0.6 is 11.6 Å². The van der Waals surface area contributed by atoms with Crippen LogP contribution in [-0.2, 0) is 16.1 Å². The van der Waals surface area contributed by atoms with Crippen molar-refractivity contribution in [1.29, 1.82) is 0 Å². The second kappa shape index (κ2) is 5.55. The number of aryl methyl sites for hydroxylation is 1. The Morgan fingerprint density at radius 1 is 1.56 bits per heavy atom. The lowest BCUT2D eigenvalue weighted by Crippen LogP contribution is -2.23. The lowest BCUT2D eigenvalue weighted by atomic mass is 10.2. The van der Waals surface area contributed by atoms with Gasteiger partial charge in [0.1, 0.15) is 23.0 Å². The average molecular weight is 246 g/mol. The van der Waals surface area contributed by atoms with Gasteiger partial charge in [0.15, 0.2) is 0 Å². The van der Waals surface area contributed by atoms with Gasteiger partial charge in [0.05, 0.1) is 13.7 Å². The summed E-state index contributed by atoms with van der Waals surface area (Å²) in [5.41, 5.74) is 0.359. The largest absolute Gasteiger partial charge is 0.465 e. The van der Waals surface area contributed by atoms with Crippen molar-refractivity contribution >= 4 is 23.5 Å². The Hall–Kier alpha value is -1.49. The highest BCUT2D eigenvalue weighted by Gasteiger charge is 2.15. The molecule has 1 amide bonds. The van der Waals surface area contributed by atoms with E-state index in [1.54, 1.807) is 6.92 Å². The molecule has 0 spiro atoms. The van der Waals surface area contributed by atoms with E-state index in [4.69, 9.17) is 16.0 Å².